The van der Waals surface area contributed by atoms with E-state index in [0.29, 0.717) is 32.5 Å². The molecule has 21 heavy (non-hydrogen) atoms. The molecular formula is C14H17FN2O4. The summed E-state index contributed by atoms with van der Waals surface area (Å²) >= 11 is 0. The van der Waals surface area contributed by atoms with E-state index in [2.05, 4.69) is 5.32 Å². The molecule has 1 aromatic rings. The fraction of sp³-hybridized carbons (Fsp3) is 0.429. The maximum absolute atomic E-state index is 13.2. The van der Waals surface area contributed by atoms with Crippen molar-refractivity contribution in [2.45, 2.75) is 12.8 Å². The average Bonchev–Trinajstić information content (AvgIpc) is 2.48. The van der Waals surface area contributed by atoms with Crippen molar-refractivity contribution >= 4 is 12.0 Å². The third kappa shape index (κ3) is 3.84. The molecule has 1 aliphatic rings. The van der Waals surface area contributed by atoms with Gasteiger partial charge in [-0.3, -0.25) is 4.79 Å². The lowest BCUT2D eigenvalue weighted by Gasteiger charge is -2.29. The largest absolute Gasteiger partial charge is 0.505 e. The molecule has 0 radical (unpaired) electrons. The molecule has 1 aromatic carbocycles. The van der Waals surface area contributed by atoms with Gasteiger partial charge in [-0.2, -0.15) is 0 Å². The second-order valence-corrected chi connectivity index (χ2v) is 5.09. The first-order valence-electron chi connectivity index (χ1n) is 6.72. The number of hydrogen-bond donors (Lipinski definition) is 3. The van der Waals surface area contributed by atoms with Crippen LogP contribution in [0.15, 0.2) is 18.2 Å². The van der Waals surface area contributed by atoms with Crippen molar-refractivity contribution in [2.75, 3.05) is 19.6 Å². The number of likely N-dealkylation sites (tertiary alicyclic amines) is 1. The van der Waals surface area contributed by atoms with E-state index in [1.54, 1.807) is 0 Å². The topological polar surface area (TPSA) is 89.9 Å². The summed E-state index contributed by atoms with van der Waals surface area (Å²) in [5, 5.41) is 20.6. The quantitative estimate of drug-likeness (QED) is 0.791. The summed E-state index contributed by atoms with van der Waals surface area (Å²) in [7, 11) is 0. The van der Waals surface area contributed by atoms with Gasteiger partial charge in [0, 0.05) is 25.2 Å². The predicted octanol–water partition coefficient (Wildman–Crippen LogP) is 1.65. The molecule has 0 atom stereocenters. The van der Waals surface area contributed by atoms with Crippen LogP contribution in [0, 0.1) is 11.7 Å². The summed E-state index contributed by atoms with van der Waals surface area (Å²) in [6, 6.07) is 3.47. The maximum atomic E-state index is 13.2. The van der Waals surface area contributed by atoms with E-state index in [0.717, 1.165) is 12.1 Å². The number of rotatable bonds is 3. The number of benzene rings is 1. The second kappa shape index (κ2) is 6.43. The summed E-state index contributed by atoms with van der Waals surface area (Å²) < 4.78 is 13.2. The fourth-order valence-electron chi connectivity index (χ4n) is 2.32. The number of nitrogens with zero attached hydrogens (tertiary/aromatic N) is 1. The highest BCUT2D eigenvalue weighted by Crippen LogP contribution is 2.18. The van der Waals surface area contributed by atoms with Gasteiger partial charge in [0.15, 0.2) is 11.6 Å². The lowest BCUT2D eigenvalue weighted by molar-refractivity contribution is 0.0928. The lowest BCUT2D eigenvalue weighted by Crippen LogP contribution is -2.40. The van der Waals surface area contributed by atoms with Crippen LogP contribution in [0.1, 0.15) is 23.2 Å². The number of nitrogens with one attached hydrogen (secondary N) is 1. The third-order valence-electron chi connectivity index (χ3n) is 3.65. The molecule has 3 N–H and O–H groups in total. The van der Waals surface area contributed by atoms with Gasteiger partial charge >= 0.3 is 6.09 Å². The number of carbonyl (C=O) groups excluding carboxylic acids is 1. The average molecular weight is 296 g/mol. The smallest absolute Gasteiger partial charge is 0.407 e. The Balaban J connectivity index is 1.82. The Morgan fingerprint density at radius 1 is 1.33 bits per heavy atom. The summed E-state index contributed by atoms with van der Waals surface area (Å²) in [6.07, 6.45) is 0.463. The molecule has 1 aliphatic heterocycles. The first kappa shape index (κ1) is 15.1. The minimum Gasteiger partial charge on any atom is -0.505 e. The first-order valence-corrected chi connectivity index (χ1v) is 6.72. The van der Waals surface area contributed by atoms with Crippen LogP contribution in [0.25, 0.3) is 0 Å². The Labute approximate surface area is 121 Å². The molecule has 0 aliphatic carbocycles. The Hall–Kier alpha value is -2.31. The standard InChI is InChI=1S/C14H17FN2O4/c15-11-7-10(1-2-12(11)18)13(19)16-8-9-3-5-17(6-4-9)14(20)21/h1-2,7,9,18H,3-6,8H2,(H,16,19)(H,20,21). The van der Waals surface area contributed by atoms with Crippen LogP contribution >= 0.6 is 0 Å². The van der Waals surface area contributed by atoms with E-state index < -0.39 is 23.6 Å². The van der Waals surface area contributed by atoms with Gasteiger partial charge in [-0.1, -0.05) is 0 Å². The number of piperidine rings is 1. The number of carboxylic acid groups (broad SMARTS) is 1. The highest BCUT2D eigenvalue weighted by atomic mass is 19.1. The molecule has 1 saturated heterocycles. The van der Waals surface area contributed by atoms with Crippen molar-refractivity contribution in [1.29, 1.82) is 0 Å². The van der Waals surface area contributed by atoms with Crippen LogP contribution in [0.4, 0.5) is 9.18 Å². The van der Waals surface area contributed by atoms with Gasteiger partial charge < -0.3 is 20.4 Å². The maximum Gasteiger partial charge on any atom is 0.407 e. The first-order chi connectivity index (χ1) is 9.97. The SMILES string of the molecule is O=C(NCC1CCN(C(=O)O)CC1)c1ccc(O)c(F)c1. The van der Waals surface area contributed by atoms with Crippen LogP contribution in [-0.4, -0.2) is 46.7 Å². The summed E-state index contributed by atoms with van der Waals surface area (Å²) in [5.74, 6) is -1.52. The predicted molar refractivity (Wildman–Crippen MR) is 72.7 cm³/mol. The van der Waals surface area contributed by atoms with Gasteiger partial charge in [0.25, 0.3) is 5.91 Å². The monoisotopic (exact) mass is 296 g/mol. The van der Waals surface area contributed by atoms with E-state index in [9.17, 15) is 14.0 Å². The minimum atomic E-state index is -0.919. The summed E-state index contributed by atoms with van der Waals surface area (Å²) in [5.41, 5.74) is 0.147. The third-order valence-corrected chi connectivity index (χ3v) is 3.65. The Bertz CT molecular complexity index is 542. The molecule has 0 saturated carbocycles. The zero-order chi connectivity index (χ0) is 15.4. The van der Waals surface area contributed by atoms with Crippen LogP contribution in [0.5, 0.6) is 5.75 Å². The molecular weight excluding hydrogens is 279 g/mol. The van der Waals surface area contributed by atoms with Crippen molar-refractivity contribution in [3.8, 4) is 5.75 Å². The Morgan fingerprint density at radius 2 is 2.00 bits per heavy atom. The zero-order valence-corrected chi connectivity index (χ0v) is 11.4. The van der Waals surface area contributed by atoms with Crippen LogP contribution in [0.3, 0.4) is 0 Å². The molecule has 0 spiro atoms. The van der Waals surface area contributed by atoms with E-state index in [-0.39, 0.29) is 11.5 Å². The van der Waals surface area contributed by atoms with Gasteiger partial charge in [-0.25, -0.2) is 9.18 Å². The number of amides is 2. The van der Waals surface area contributed by atoms with Gasteiger partial charge in [0.05, 0.1) is 0 Å². The number of phenols is 1. The van der Waals surface area contributed by atoms with Crippen LogP contribution < -0.4 is 5.32 Å². The molecule has 2 rings (SSSR count). The van der Waals surface area contributed by atoms with E-state index in [1.165, 1.54) is 11.0 Å². The Morgan fingerprint density at radius 3 is 2.57 bits per heavy atom. The molecule has 7 heteroatoms. The lowest BCUT2D eigenvalue weighted by atomic mass is 9.97. The van der Waals surface area contributed by atoms with Gasteiger partial charge in [0.1, 0.15) is 0 Å². The van der Waals surface area contributed by atoms with Crippen molar-refractivity contribution in [3.63, 3.8) is 0 Å². The van der Waals surface area contributed by atoms with Crippen molar-refractivity contribution < 1.29 is 24.2 Å². The fourth-order valence-corrected chi connectivity index (χ4v) is 2.32. The number of halogens is 1. The van der Waals surface area contributed by atoms with Crippen molar-refractivity contribution in [2.24, 2.45) is 5.92 Å². The summed E-state index contributed by atoms with van der Waals surface area (Å²) in [4.78, 5) is 24.0. The van der Waals surface area contributed by atoms with Crippen molar-refractivity contribution in [3.05, 3.63) is 29.6 Å². The summed E-state index contributed by atoms with van der Waals surface area (Å²) in [6.45, 7) is 1.35. The van der Waals surface area contributed by atoms with Crippen LogP contribution in [-0.2, 0) is 0 Å². The molecule has 114 valence electrons. The number of phenolic OH excluding ortho intramolecular Hbond substituents is 1. The highest BCUT2D eigenvalue weighted by molar-refractivity contribution is 5.94. The zero-order valence-electron chi connectivity index (χ0n) is 11.4. The van der Waals surface area contributed by atoms with E-state index >= 15 is 0 Å². The number of carbonyl (C=O) groups is 2. The molecule has 0 bridgehead atoms. The molecule has 2 amide bonds. The van der Waals surface area contributed by atoms with Crippen LogP contribution in [0.2, 0.25) is 0 Å². The van der Waals surface area contributed by atoms with E-state index in [4.69, 9.17) is 10.2 Å². The van der Waals surface area contributed by atoms with Gasteiger partial charge in [-0.05, 0) is 37.0 Å². The normalized spacial score (nSPS) is 15.8. The molecule has 1 fully saturated rings. The Kier molecular flexibility index (Phi) is 4.62. The van der Waals surface area contributed by atoms with Crippen molar-refractivity contribution in [1.82, 2.24) is 10.2 Å². The number of aromatic hydroxyl groups is 1. The number of hydrogen-bond acceptors (Lipinski definition) is 3. The molecule has 1 heterocycles. The van der Waals surface area contributed by atoms with Gasteiger partial charge in [0.2, 0.25) is 0 Å². The second-order valence-electron chi connectivity index (χ2n) is 5.09. The highest BCUT2D eigenvalue weighted by Gasteiger charge is 2.22. The van der Waals surface area contributed by atoms with Gasteiger partial charge in [-0.15, -0.1) is 0 Å². The molecule has 0 unspecified atom stereocenters. The minimum absolute atomic E-state index is 0.147. The molecule has 6 nitrogen and oxygen atoms in total. The van der Waals surface area contributed by atoms with E-state index in [1.807, 2.05) is 0 Å². The molecule has 0 aromatic heterocycles.